The molecule has 0 N–H and O–H groups in total. The Kier molecular flexibility index (Phi) is 6.00. The number of nitrogens with zero attached hydrogens (tertiary/aromatic N) is 4. The first-order valence-corrected chi connectivity index (χ1v) is 11.5. The number of fused-ring (bicyclic) bond motifs is 2. The molecule has 2 bridgehead atoms. The first kappa shape index (κ1) is 22.4. The van der Waals surface area contributed by atoms with Crippen LogP contribution in [0.3, 0.4) is 0 Å². The first-order valence-electron chi connectivity index (χ1n) is 11.5. The highest BCUT2D eigenvalue weighted by atomic mass is 19.1. The summed E-state index contributed by atoms with van der Waals surface area (Å²) in [5, 5.41) is 0. The molecule has 2 aliphatic heterocycles. The Morgan fingerprint density at radius 1 is 1.15 bits per heavy atom. The topological polar surface area (TPSA) is 58.6 Å². The van der Waals surface area contributed by atoms with Crippen molar-refractivity contribution in [3.63, 3.8) is 0 Å². The number of likely N-dealkylation sites (tertiary alicyclic amines) is 1. The molecule has 2 fully saturated rings. The van der Waals surface area contributed by atoms with E-state index >= 15 is 0 Å². The second-order valence-electron chi connectivity index (χ2n) is 8.74. The molecule has 5 rings (SSSR count). The highest BCUT2D eigenvalue weighted by Gasteiger charge is 2.43. The van der Waals surface area contributed by atoms with E-state index in [1.807, 2.05) is 0 Å². The summed E-state index contributed by atoms with van der Waals surface area (Å²) in [4.78, 5) is 26.4. The molecule has 8 heteroatoms. The smallest absolute Gasteiger partial charge is 0.185 e. The van der Waals surface area contributed by atoms with Gasteiger partial charge in [-0.2, -0.15) is 0 Å². The number of hydrogen-bond donors (Lipinski definition) is 0. The zero-order valence-electron chi connectivity index (χ0n) is 19.2. The third-order valence-corrected chi connectivity index (χ3v) is 6.82. The Morgan fingerprint density at radius 2 is 2.00 bits per heavy atom. The van der Waals surface area contributed by atoms with Gasteiger partial charge in [-0.15, -0.1) is 0 Å². The largest absolute Gasteiger partial charge is 0.496 e. The van der Waals surface area contributed by atoms with E-state index in [1.54, 1.807) is 12.1 Å². The van der Waals surface area contributed by atoms with Gasteiger partial charge in [0.2, 0.25) is 0 Å². The highest BCUT2D eigenvalue weighted by molar-refractivity contribution is 5.97. The fourth-order valence-corrected chi connectivity index (χ4v) is 5.20. The average molecular weight is 465 g/mol. The van der Waals surface area contributed by atoms with Crippen molar-refractivity contribution in [1.29, 1.82) is 0 Å². The Morgan fingerprint density at radius 3 is 2.74 bits per heavy atom. The fourth-order valence-electron chi connectivity index (χ4n) is 5.20. The predicted molar refractivity (Wildman–Crippen MR) is 125 cm³/mol. The Hall–Kier alpha value is -3.39. The van der Waals surface area contributed by atoms with Crippen LogP contribution in [0.1, 0.15) is 29.4 Å². The molecule has 1 aromatic heterocycles. The van der Waals surface area contributed by atoms with Crippen LogP contribution in [0.15, 0.2) is 48.7 Å². The van der Waals surface area contributed by atoms with Crippen molar-refractivity contribution < 1.29 is 18.3 Å². The van der Waals surface area contributed by atoms with Gasteiger partial charge in [0.05, 0.1) is 12.7 Å². The Balaban J connectivity index is 1.42. The lowest BCUT2D eigenvalue weighted by atomic mass is 10.0. The molecule has 6 nitrogen and oxygen atoms in total. The molecule has 2 saturated heterocycles. The van der Waals surface area contributed by atoms with Crippen molar-refractivity contribution in [2.24, 2.45) is 0 Å². The van der Waals surface area contributed by atoms with Crippen LogP contribution in [-0.4, -0.2) is 59.5 Å². The minimum atomic E-state index is -0.540. The van der Waals surface area contributed by atoms with Gasteiger partial charge in [-0.05, 0) is 54.9 Å². The van der Waals surface area contributed by atoms with E-state index in [0.717, 1.165) is 31.7 Å². The highest BCUT2D eigenvalue weighted by Crippen LogP contribution is 2.37. The normalized spacial score (nSPS) is 19.6. The minimum Gasteiger partial charge on any atom is -0.496 e. The van der Waals surface area contributed by atoms with Gasteiger partial charge in [-0.3, -0.25) is 9.69 Å². The summed E-state index contributed by atoms with van der Waals surface area (Å²) in [6.07, 6.45) is 2.49. The number of benzene rings is 2. The minimum absolute atomic E-state index is 0.0106. The standard InChI is InChI=1S/C26H26F2N4O2/c1-3-31-14-19-13-18(31)15-32(19)22-8-7-17(27)11-16(22)12-23(33)21-9-10-29-26(30-21)25-20(28)5-4-6-24(25)34-2/h4-11,18-19H,3,12-15H2,1-2H3/t18-,19-/m1/s1. The number of likely N-dealkylation sites (N-methyl/N-ethyl adjacent to an activating group) is 1. The van der Waals surface area contributed by atoms with E-state index in [0.29, 0.717) is 17.6 Å². The summed E-state index contributed by atoms with van der Waals surface area (Å²) in [5.41, 5.74) is 1.76. The number of halogens is 2. The molecule has 0 amide bonds. The first-order chi connectivity index (χ1) is 16.5. The van der Waals surface area contributed by atoms with Crippen LogP contribution in [-0.2, 0) is 6.42 Å². The predicted octanol–water partition coefficient (Wildman–Crippen LogP) is 4.14. The molecule has 0 saturated carbocycles. The van der Waals surface area contributed by atoms with Crippen LogP contribution in [0.25, 0.3) is 11.4 Å². The van der Waals surface area contributed by atoms with Crippen LogP contribution in [0, 0.1) is 11.6 Å². The van der Waals surface area contributed by atoms with Crippen LogP contribution >= 0.6 is 0 Å². The molecular formula is C26H26F2N4O2. The van der Waals surface area contributed by atoms with Gasteiger partial charge in [0.1, 0.15) is 23.1 Å². The maximum Gasteiger partial charge on any atom is 0.185 e. The zero-order chi connectivity index (χ0) is 23.8. The monoisotopic (exact) mass is 464 g/mol. The molecule has 0 spiro atoms. The number of Topliss-reactive ketones (excluding diaryl/α,β-unsaturated/α-hetero) is 1. The molecule has 34 heavy (non-hydrogen) atoms. The van der Waals surface area contributed by atoms with Gasteiger partial charge in [0.15, 0.2) is 11.6 Å². The van der Waals surface area contributed by atoms with Crippen LogP contribution in [0.2, 0.25) is 0 Å². The lowest BCUT2D eigenvalue weighted by Gasteiger charge is -2.36. The Labute approximate surface area is 197 Å². The quantitative estimate of drug-likeness (QED) is 0.490. The molecular weight excluding hydrogens is 438 g/mol. The van der Waals surface area contributed by atoms with Crippen molar-refractivity contribution in [1.82, 2.24) is 14.9 Å². The van der Waals surface area contributed by atoms with Crippen molar-refractivity contribution in [3.05, 3.63) is 71.6 Å². The number of ether oxygens (including phenoxy) is 1. The molecule has 0 aliphatic carbocycles. The van der Waals surface area contributed by atoms with Crippen molar-refractivity contribution in [2.75, 3.05) is 31.6 Å². The maximum absolute atomic E-state index is 14.5. The second-order valence-corrected chi connectivity index (χ2v) is 8.74. The van der Waals surface area contributed by atoms with E-state index in [2.05, 4.69) is 26.7 Å². The molecule has 2 aromatic carbocycles. The number of piperazine rings is 1. The van der Waals surface area contributed by atoms with Gasteiger partial charge >= 0.3 is 0 Å². The molecule has 3 heterocycles. The summed E-state index contributed by atoms with van der Waals surface area (Å²) in [5.74, 6) is -0.864. The number of anilines is 1. The van der Waals surface area contributed by atoms with E-state index in [4.69, 9.17) is 4.74 Å². The number of rotatable bonds is 7. The maximum atomic E-state index is 14.5. The van der Waals surface area contributed by atoms with Gasteiger partial charge in [-0.25, -0.2) is 18.7 Å². The van der Waals surface area contributed by atoms with Crippen molar-refractivity contribution >= 4 is 11.5 Å². The van der Waals surface area contributed by atoms with Gasteiger partial charge in [-0.1, -0.05) is 13.0 Å². The molecule has 176 valence electrons. The molecule has 2 atom stereocenters. The number of carbonyl (C=O) groups is 1. The lowest BCUT2D eigenvalue weighted by Crippen LogP contribution is -2.46. The molecule has 0 radical (unpaired) electrons. The van der Waals surface area contributed by atoms with Crippen LogP contribution in [0.5, 0.6) is 5.75 Å². The molecule has 0 unspecified atom stereocenters. The average Bonchev–Trinajstić information content (AvgIpc) is 3.45. The summed E-state index contributed by atoms with van der Waals surface area (Å²) in [6.45, 7) is 5.04. The summed E-state index contributed by atoms with van der Waals surface area (Å²) in [6, 6.07) is 11.4. The van der Waals surface area contributed by atoms with Crippen molar-refractivity contribution in [2.45, 2.75) is 31.8 Å². The van der Waals surface area contributed by atoms with Gasteiger partial charge in [0, 0.05) is 43.5 Å². The van der Waals surface area contributed by atoms with Crippen LogP contribution in [0.4, 0.5) is 14.5 Å². The number of carbonyl (C=O) groups excluding carboxylic acids is 1. The van der Waals surface area contributed by atoms with Crippen LogP contribution < -0.4 is 9.64 Å². The van der Waals surface area contributed by atoms with E-state index < -0.39 is 5.82 Å². The third kappa shape index (κ3) is 4.03. The third-order valence-electron chi connectivity index (χ3n) is 6.82. The fraction of sp³-hybridized carbons (Fsp3) is 0.346. The number of ketones is 1. The molecule has 3 aromatic rings. The number of methoxy groups -OCH3 is 1. The summed E-state index contributed by atoms with van der Waals surface area (Å²) < 4.78 is 33.9. The van der Waals surface area contributed by atoms with Crippen molar-refractivity contribution in [3.8, 4) is 17.1 Å². The summed E-state index contributed by atoms with van der Waals surface area (Å²) in [7, 11) is 1.43. The van der Waals surface area contributed by atoms with E-state index in [9.17, 15) is 13.6 Å². The SMILES string of the molecule is CCN1C[C@H]2C[C@@H]1CN2c1ccc(F)cc1CC(=O)c1ccnc(-c2c(F)cccc2OC)n1. The Bertz CT molecular complexity index is 1240. The van der Waals surface area contributed by atoms with Gasteiger partial charge in [0.25, 0.3) is 0 Å². The lowest BCUT2D eigenvalue weighted by molar-refractivity contribution is 0.0988. The number of hydrogen-bond acceptors (Lipinski definition) is 6. The van der Waals surface area contributed by atoms with E-state index in [1.165, 1.54) is 43.6 Å². The van der Waals surface area contributed by atoms with E-state index in [-0.39, 0.29) is 40.9 Å². The second kappa shape index (κ2) is 9.10. The molecule has 2 aliphatic rings. The number of aromatic nitrogens is 2. The zero-order valence-corrected chi connectivity index (χ0v) is 19.2. The summed E-state index contributed by atoms with van der Waals surface area (Å²) >= 11 is 0. The van der Waals surface area contributed by atoms with Gasteiger partial charge < -0.3 is 9.64 Å².